The number of nitriles is 1. The van der Waals surface area contributed by atoms with E-state index in [1.807, 2.05) is 0 Å². The summed E-state index contributed by atoms with van der Waals surface area (Å²) < 4.78 is 0. The highest BCUT2D eigenvalue weighted by molar-refractivity contribution is 5.86. The fraction of sp³-hybridized carbons (Fsp3) is 0.857. The molecule has 0 spiro atoms. The van der Waals surface area contributed by atoms with E-state index in [1.165, 1.54) is 6.42 Å². The molecule has 0 heterocycles. The van der Waals surface area contributed by atoms with Crippen LogP contribution in [-0.4, -0.2) is 35.1 Å². The first kappa shape index (κ1) is 13.4. The first-order valence-corrected chi connectivity index (χ1v) is 7.07. The number of carbonyl (C=O) groups is 1. The van der Waals surface area contributed by atoms with Gasteiger partial charge in [-0.1, -0.05) is 19.3 Å². The second-order valence-corrected chi connectivity index (χ2v) is 5.56. The molecule has 0 aromatic rings. The number of rotatable bonds is 4. The summed E-state index contributed by atoms with van der Waals surface area (Å²) in [7, 11) is 0. The normalized spacial score (nSPS) is 22.9. The van der Waals surface area contributed by atoms with Crippen LogP contribution in [0.4, 0.5) is 0 Å². The molecule has 2 aliphatic carbocycles. The molecular formula is C14H22N2O2. The summed E-state index contributed by atoms with van der Waals surface area (Å²) in [6.07, 6.45) is 7.94. The summed E-state index contributed by atoms with van der Waals surface area (Å²) in [5.41, 5.74) is -0.771. The van der Waals surface area contributed by atoms with Gasteiger partial charge in [-0.25, -0.2) is 0 Å². The summed E-state index contributed by atoms with van der Waals surface area (Å²) in [5, 5.41) is 18.4. The molecule has 2 saturated carbocycles. The highest BCUT2D eigenvalue weighted by atomic mass is 16.3. The van der Waals surface area contributed by atoms with Crippen molar-refractivity contribution in [3.63, 3.8) is 0 Å². The Hall–Kier alpha value is -1.08. The molecule has 0 aromatic carbocycles. The van der Waals surface area contributed by atoms with Gasteiger partial charge in [0.25, 0.3) is 0 Å². The molecule has 100 valence electrons. The van der Waals surface area contributed by atoms with E-state index >= 15 is 0 Å². The van der Waals surface area contributed by atoms with Crippen molar-refractivity contribution in [3.05, 3.63) is 0 Å². The Morgan fingerprint density at radius 1 is 1.28 bits per heavy atom. The Bertz CT molecular complexity index is 338. The van der Waals surface area contributed by atoms with Gasteiger partial charge >= 0.3 is 0 Å². The minimum atomic E-state index is -0.771. The summed E-state index contributed by atoms with van der Waals surface area (Å²) in [6, 6.07) is 2.46. The van der Waals surface area contributed by atoms with Gasteiger partial charge < -0.3 is 10.0 Å². The zero-order chi connectivity index (χ0) is 13.0. The maximum absolute atomic E-state index is 12.6. The summed E-state index contributed by atoms with van der Waals surface area (Å²) in [6.45, 7) is 0.372. The lowest BCUT2D eigenvalue weighted by Gasteiger charge is -2.42. The van der Waals surface area contributed by atoms with Gasteiger partial charge in [-0.3, -0.25) is 4.79 Å². The summed E-state index contributed by atoms with van der Waals surface area (Å²) in [5.74, 6) is -0.0304. The number of hydrogen-bond acceptors (Lipinski definition) is 3. The van der Waals surface area contributed by atoms with E-state index in [1.54, 1.807) is 4.90 Å². The highest BCUT2D eigenvalue weighted by Gasteiger charge is 2.47. The van der Waals surface area contributed by atoms with Crippen molar-refractivity contribution in [1.29, 1.82) is 5.26 Å². The van der Waals surface area contributed by atoms with Crippen molar-refractivity contribution < 1.29 is 9.90 Å². The van der Waals surface area contributed by atoms with Crippen LogP contribution in [0.5, 0.6) is 0 Å². The molecule has 0 radical (unpaired) electrons. The average molecular weight is 250 g/mol. The lowest BCUT2D eigenvalue weighted by atomic mass is 9.68. The van der Waals surface area contributed by atoms with Gasteiger partial charge in [0.2, 0.25) is 5.91 Å². The van der Waals surface area contributed by atoms with Crippen LogP contribution in [0.3, 0.4) is 0 Å². The fourth-order valence-corrected chi connectivity index (χ4v) is 3.13. The van der Waals surface area contributed by atoms with E-state index in [4.69, 9.17) is 5.11 Å². The summed E-state index contributed by atoms with van der Waals surface area (Å²) >= 11 is 0. The number of aliphatic hydroxyl groups excluding tert-OH is 1. The van der Waals surface area contributed by atoms with Crippen LogP contribution in [0.1, 0.15) is 51.4 Å². The molecule has 4 nitrogen and oxygen atoms in total. The fourth-order valence-electron chi connectivity index (χ4n) is 3.13. The van der Waals surface area contributed by atoms with Gasteiger partial charge in [-0.2, -0.15) is 5.26 Å². The first-order chi connectivity index (χ1) is 8.73. The zero-order valence-corrected chi connectivity index (χ0v) is 10.9. The van der Waals surface area contributed by atoms with Gasteiger partial charge in [0.05, 0.1) is 12.7 Å². The van der Waals surface area contributed by atoms with Gasteiger partial charge in [-0.05, 0) is 32.1 Å². The highest BCUT2D eigenvalue weighted by Crippen LogP contribution is 2.42. The van der Waals surface area contributed by atoms with Crippen LogP contribution in [0.15, 0.2) is 0 Å². The molecular weight excluding hydrogens is 228 g/mol. The lowest BCUT2D eigenvalue weighted by Crippen LogP contribution is -2.52. The van der Waals surface area contributed by atoms with Crippen LogP contribution in [0.25, 0.3) is 0 Å². The standard InChI is InChI=1S/C14H22N2O2/c15-11-14(7-4-8-14)13(18)16(9-10-17)12-5-2-1-3-6-12/h12,17H,1-10H2. The maximum atomic E-state index is 12.6. The molecule has 0 saturated heterocycles. The SMILES string of the molecule is N#CC1(C(=O)N(CCO)C2CCCCC2)CCC1. The minimum absolute atomic E-state index is 0.0102. The van der Waals surface area contributed by atoms with Crippen molar-refractivity contribution in [3.8, 4) is 6.07 Å². The molecule has 0 aromatic heterocycles. The van der Waals surface area contributed by atoms with Crippen LogP contribution in [-0.2, 0) is 4.79 Å². The Labute approximate surface area is 109 Å². The Morgan fingerprint density at radius 2 is 1.94 bits per heavy atom. The van der Waals surface area contributed by atoms with Crippen LogP contribution >= 0.6 is 0 Å². The van der Waals surface area contributed by atoms with E-state index in [2.05, 4.69) is 6.07 Å². The van der Waals surface area contributed by atoms with Gasteiger partial charge in [0, 0.05) is 12.6 Å². The smallest absolute Gasteiger partial charge is 0.243 e. The summed E-state index contributed by atoms with van der Waals surface area (Å²) in [4.78, 5) is 14.4. The van der Waals surface area contributed by atoms with Gasteiger partial charge in [-0.15, -0.1) is 0 Å². The molecule has 0 aliphatic heterocycles. The van der Waals surface area contributed by atoms with E-state index in [0.29, 0.717) is 19.4 Å². The van der Waals surface area contributed by atoms with E-state index in [-0.39, 0.29) is 18.6 Å². The predicted octanol–water partition coefficient (Wildman–Crippen LogP) is 1.83. The second kappa shape index (κ2) is 5.71. The molecule has 2 rings (SSSR count). The second-order valence-electron chi connectivity index (χ2n) is 5.56. The Morgan fingerprint density at radius 3 is 2.39 bits per heavy atom. The quantitative estimate of drug-likeness (QED) is 0.828. The molecule has 18 heavy (non-hydrogen) atoms. The Balaban J connectivity index is 2.09. The third-order valence-corrected chi connectivity index (χ3v) is 4.45. The molecule has 0 bridgehead atoms. The van der Waals surface area contributed by atoms with E-state index in [9.17, 15) is 10.1 Å². The van der Waals surface area contributed by atoms with Crippen molar-refractivity contribution in [2.24, 2.45) is 5.41 Å². The number of hydrogen-bond donors (Lipinski definition) is 1. The number of carbonyl (C=O) groups excluding carboxylic acids is 1. The minimum Gasteiger partial charge on any atom is -0.395 e. The van der Waals surface area contributed by atoms with Crippen LogP contribution in [0.2, 0.25) is 0 Å². The lowest BCUT2D eigenvalue weighted by molar-refractivity contribution is -0.146. The number of nitrogens with zero attached hydrogens (tertiary/aromatic N) is 2. The van der Waals surface area contributed by atoms with Gasteiger partial charge in [0.1, 0.15) is 5.41 Å². The van der Waals surface area contributed by atoms with E-state index < -0.39 is 5.41 Å². The first-order valence-electron chi connectivity index (χ1n) is 7.07. The third kappa shape index (κ3) is 2.37. The molecule has 1 N–H and O–H groups in total. The van der Waals surface area contributed by atoms with Crippen molar-refractivity contribution in [2.45, 2.75) is 57.4 Å². The zero-order valence-electron chi connectivity index (χ0n) is 10.9. The maximum Gasteiger partial charge on any atom is 0.243 e. The molecule has 0 unspecified atom stereocenters. The molecule has 0 atom stereocenters. The van der Waals surface area contributed by atoms with Crippen LogP contribution in [0, 0.1) is 16.7 Å². The monoisotopic (exact) mass is 250 g/mol. The average Bonchev–Trinajstić information content (AvgIpc) is 2.36. The molecule has 2 aliphatic rings. The number of aliphatic hydroxyl groups is 1. The van der Waals surface area contributed by atoms with Crippen molar-refractivity contribution in [2.75, 3.05) is 13.2 Å². The molecule has 2 fully saturated rings. The molecule has 1 amide bonds. The van der Waals surface area contributed by atoms with E-state index in [0.717, 1.165) is 32.1 Å². The third-order valence-electron chi connectivity index (χ3n) is 4.45. The largest absolute Gasteiger partial charge is 0.395 e. The number of amides is 1. The van der Waals surface area contributed by atoms with Crippen molar-refractivity contribution >= 4 is 5.91 Å². The van der Waals surface area contributed by atoms with Gasteiger partial charge in [0.15, 0.2) is 0 Å². The molecule has 4 heteroatoms. The van der Waals surface area contributed by atoms with Crippen LogP contribution < -0.4 is 0 Å². The topological polar surface area (TPSA) is 64.3 Å². The predicted molar refractivity (Wildman–Crippen MR) is 67.6 cm³/mol. The van der Waals surface area contributed by atoms with Crippen molar-refractivity contribution in [1.82, 2.24) is 4.90 Å². The Kier molecular flexibility index (Phi) is 4.23.